The Hall–Kier alpha value is -3.79. The van der Waals surface area contributed by atoms with E-state index in [1.165, 1.54) is 6.33 Å². The number of urea groups is 1. The number of carbonyl (C=O) groups excluding carboxylic acids is 2. The molecule has 1 fully saturated rings. The minimum Gasteiger partial charge on any atom is -0.462 e. The van der Waals surface area contributed by atoms with E-state index >= 15 is 0 Å². The Kier molecular flexibility index (Phi) is 8.50. The van der Waals surface area contributed by atoms with Crippen molar-refractivity contribution >= 4 is 27.5 Å². The van der Waals surface area contributed by atoms with Gasteiger partial charge in [-0.15, -0.1) is 0 Å². The van der Waals surface area contributed by atoms with E-state index in [-0.39, 0.29) is 29.6 Å². The number of rotatable bonds is 8. The summed E-state index contributed by atoms with van der Waals surface area (Å²) in [5, 5.41) is 2.20. The monoisotopic (exact) mass is 522 g/mol. The number of carbonyl (C=O) groups is 2. The Morgan fingerprint density at radius 1 is 1.00 bits per heavy atom. The number of aromatic nitrogens is 2. The van der Waals surface area contributed by atoms with Gasteiger partial charge in [0.1, 0.15) is 6.33 Å². The number of anilines is 1. The summed E-state index contributed by atoms with van der Waals surface area (Å²) in [6, 6.07) is 13.0. The summed E-state index contributed by atoms with van der Waals surface area (Å²) in [5.74, 6) is -0.486. The highest BCUT2D eigenvalue weighted by Crippen LogP contribution is 2.27. The summed E-state index contributed by atoms with van der Waals surface area (Å²) in [6.45, 7) is 2.91. The molecule has 37 heavy (non-hydrogen) atoms. The summed E-state index contributed by atoms with van der Waals surface area (Å²) in [6.07, 6.45) is 7.11. The Morgan fingerprint density at radius 3 is 2.35 bits per heavy atom. The van der Waals surface area contributed by atoms with Gasteiger partial charge in [0.2, 0.25) is 0 Å². The van der Waals surface area contributed by atoms with Gasteiger partial charge in [0.25, 0.3) is 0 Å². The molecule has 0 saturated carbocycles. The number of hydrogen-bond acceptors (Lipinski definition) is 7. The molecule has 4 rings (SSSR count). The normalized spacial score (nSPS) is 14.2. The van der Waals surface area contributed by atoms with Gasteiger partial charge < -0.3 is 15.0 Å². The van der Waals surface area contributed by atoms with Gasteiger partial charge in [-0.3, -0.25) is 0 Å². The summed E-state index contributed by atoms with van der Waals surface area (Å²) < 4.78 is 31.8. The fourth-order valence-corrected chi connectivity index (χ4v) is 5.93. The second kappa shape index (κ2) is 12.0. The second-order valence-electron chi connectivity index (χ2n) is 8.85. The molecule has 10 heteroatoms. The van der Waals surface area contributed by atoms with Crippen LogP contribution in [0.1, 0.15) is 43.0 Å². The third kappa shape index (κ3) is 6.32. The Labute approximate surface area is 216 Å². The Balaban J connectivity index is 1.36. The molecule has 194 valence electrons. The fraction of sp³-hybridized carbons (Fsp3) is 0.333. The average molecular weight is 523 g/mol. The lowest BCUT2D eigenvalue weighted by atomic mass is 10.1. The largest absolute Gasteiger partial charge is 0.462 e. The number of likely N-dealkylation sites (tertiary alicyclic amines) is 1. The molecular formula is C27H30N4O5S. The molecule has 0 unspecified atom stereocenters. The molecule has 0 spiro atoms. The molecule has 9 nitrogen and oxygen atoms in total. The first-order chi connectivity index (χ1) is 17.9. The smallest absolute Gasteiger partial charge is 0.340 e. The first-order valence-electron chi connectivity index (χ1n) is 12.3. The third-order valence-corrected chi connectivity index (χ3v) is 8.64. The van der Waals surface area contributed by atoms with Crippen molar-refractivity contribution in [3.63, 3.8) is 0 Å². The van der Waals surface area contributed by atoms with E-state index in [1.54, 1.807) is 65.8 Å². The zero-order valence-corrected chi connectivity index (χ0v) is 21.5. The van der Waals surface area contributed by atoms with Crippen molar-refractivity contribution < 1.29 is 22.7 Å². The number of sulfone groups is 1. The lowest BCUT2D eigenvalue weighted by Crippen LogP contribution is -2.44. The van der Waals surface area contributed by atoms with Crippen molar-refractivity contribution in [2.75, 3.05) is 25.0 Å². The molecule has 1 N–H and O–H groups in total. The molecule has 1 aliphatic rings. The number of benzene rings is 2. The second-order valence-corrected chi connectivity index (χ2v) is 11.1. The van der Waals surface area contributed by atoms with Crippen LogP contribution < -0.4 is 5.32 Å². The van der Waals surface area contributed by atoms with Crippen molar-refractivity contribution in [2.24, 2.45) is 0 Å². The number of para-hydroxylation sites is 1. The molecule has 3 aromatic rings. The molecule has 0 bridgehead atoms. The van der Waals surface area contributed by atoms with Crippen molar-refractivity contribution in [1.82, 2.24) is 14.9 Å². The molecule has 0 aliphatic carbocycles. The molecule has 2 heterocycles. The van der Waals surface area contributed by atoms with E-state index in [0.29, 0.717) is 25.1 Å². The number of piperidine rings is 1. The van der Waals surface area contributed by atoms with Crippen molar-refractivity contribution in [3.05, 3.63) is 72.8 Å². The van der Waals surface area contributed by atoms with Crippen LogP contribution in [0.5, 0.6) is 0 Å². The molecule has 2 aromatic carbocycles. The lowest BCUT2D eigenvalue weighted by molar-refractivity contribution is 0.0501. The molecular weight excluding hydrogens is 492 g/mol. The number of nitrogens with zero attached hydrogens (tertiary/aromatic N) is 3. The summed E-state index contributed by atoms with van der Waals surface area (Å²) in [4.78, 5) is 35.1. The van der Waals surface area contributed by atoms with Crippen LogP contribution in [-0.4, -0.2) is 60.2 Å². The van der Waals surface area contributed by atoms with Crippen LogP contribution in [0.2, 0.25) is 0 Å². The highest BCUT2D eigenvalue weighted by molar-refractivity contribution is 7.92. The van der Waals surface area contributed by atoms with E-state index in [0.717, 1.165) is 24.0 Å². The minimum absolute atomic E-state index is 0.256. The topological polar surface area (TPSA) is 119 Å². The third-order valence-electron chi connectivity index (χ3n) is 6.36. The standard InChI is InChI=1S/C27H30N4O5S/c1-2-3-16-36-26(32)24-6-4-5-7-25(24)30-27(33)31-14-12-23(13-15-31)37(34,35)22-10-8-20(9-11-22)21-17-28-19-29-18-21/h4-11,17-19,23H,2-3,12-16H2,1H3,(H,30,33). The molecule has 2 amide bonds. The first-order valence-corrected chi connectivity index (χ1v) is 13.9. The lowest BCUT2D eigenvalue weighted by Gasteiger charge is -2.32. The van der Waals surface area contributed by atoms with Gasteiger partial charge in [0.05, 0.1) is 28.0 Å². The van der Waals surface area contributed by atoms with Crippen molar-refractivity contribution in [3.8, 4) is 11.1 Å². The van der Waals surface area contributed by atoms with E-state index in [1.807, 2.05) is 6.92 Å². The van der Waals surface area contributed by atoms with Gasteiger partial charge >= 0.3 is 12.0 Å². The number of unbranched alkanes of at least 4 members (excludes halogenated alkanes) is 1. The van der Waals surface area contributed by atoms with E-state index in [4.69, 9.17) is 4.74 Å². The van der Waals surface area contributed by atoms with Gasteiger partial charge in [-0.1, -0.05) is 37.6 Å². The van der Waals surface area contributed by atoms with E-state index in [9.17, 15) is 18.0 Å². The zero-order valence-electron chi connectivity index (χ0n) is 20.7. The number of amides is 2. The number of ether oxygens (including phenoxy) is 1. The van der Waals surface area contributed by atoms with Gasteiger partial charge in [-0.05, 0) is 49.1 Å². The maximum Gasteiger partial charge on any atom is 0.340 e. The van der Waals surface area contributed by atoms with E-state index in [2.05, 4.69) is 15.3 Å². The van der Waals surface area contributed by atoms with Crippen LogP contribution in [0, 0.1) is 0 Å². The van der Waals surface area contributed by atoms with Crippen molar-refractivity contribution in [2.45, 2.75) is 42.8 Å². The highest BCUT2D eigenvalue weighted by Gasteiger charge is 2.33. The van der Waals surface area contributed by atoms with Crippen LogP contribution in [0.15, 0.2) is 72.1 Å². The molecule has 1 saturated heterocycles. The number of hydrogen-bond donors (Lipinski definition) is 1. The number of esters is 1. The van der Waals surface area contributed by atoms with E-state index < -0.39 is 21.1 Å². The highest BCUT2D eigenvalue weighted by atomic mass is 32.2. The van der Waals surface area contributed by atoms with Gasteiger partial charge in [-0.2, -0.15) is 0 Å². The van der Waals surface area contributed by atoms with Crippen LogP contribution in [0.4, 0.5) is 10.5 Å². The van der Waals surface area contributed by atoms with Crippen LogP contribution in [0.25, 0.3) is 11.1 Å². The Morgan fingerprint density at radius 2 is 1.68 bits per heavy atom. The van der Waals surface area contributed by atoms with Crippen LogP contribution in [0.3, 0.4) is 0 Å². The minimum atomic E-state index is -3.55. The van der Waals surface area contributed by atoms with Gasteiger partial charge in [0.15, 0.2) is 9.84 Å². The Bertz CT molecular complexity index is 1320. The predicted octanol–water partition coefficient (Wildman–Crippen LogP) is 4.57. The van der Waals surface area contributed by atoms with Crippen LogP contribution in [-0.2, 0) is 14.6 Å². The molecule has 1 aliphatic heterocycles. The first kappa shape index (κ1) is 26.3. The SMILES string of the molecule is CCCCOC(=O)c1ccccc1NC(=O)N1CCC(S(=O)(=O)c2ccc(-c3cncnc3)cc2)CC1. The van der Waals surface area contributed by atoms with Gasteiger partial charge in [0, 0.05) is 31.0 Å². The molecule has 1 aromatic heterocycles. The quantitative estimate of drug-likeness (QED) is 0.340. The summed E-state index contributed by atoms with van der Waals surface area (Å²) in [5.41, 5.74) is 2.30. The summed E-state index contributed by atoms with van der Waals surface area (Å²) in [7, 11) is -3.55. The van der Waals surface area contributed by atoms with Crippen LogP contribution >= 0.6 is 0 Å². The zero-order chi connectivity index (χ0) is 26.3. The molecule has 0 atom stereocenters. The predicted molar refractivity (Wildman–Crippen MR) is 140 cm³/mol. The van der Waals surface area contributed by atoms with Crippen molar-refractivity contribution in [1.29, 1.82) is 0 Å². The maximum atomic E-state index is 13.2. The van der Waals surface area contributed by atoms with Gasteiger partial charge in [-0.25, -0.2) is 28.0 Å². The maximum absolute atomic E-state index is 13.2. The average Bonchev–Trinajstić information content (AvgIpc) is 2.94. The number of nitrogens with one attached hydrogen (secondary N) is 1. The summed E-state index contributed by atoms with van der Waals surface area (Å²) >= 11 is 0. The fourth-order valence-electron chi connectivity index (χ4n) is 4.20. The molecule has 0 radical (unpaired) electrons.